The molecule has 27 heavy (non-hydrogen) atoms. The van der Waals surface area contributed by atoms with Gasteiger partial charge in [0.2, 0.25) is 0 Å². The average molecular weight is 368 g/mol. The minimum absolute atomic E-state index is 0.277. The third kappa shape index (κ3) is 7.37. The fourth-order valence-electron chi connectivity index (χ4n) is 2.88. The highest BCUT2D eigenvalue weighted by Crippen LogP contribution is 2.19. The van der Waals surface area contributed by atoms with Crippen LogP contribution < -0.4 is 0 Å². The van der Waals surface area contributed by atoms with Crippen molar-refractivity contribution in [1.29, 1.82) is 0 Å². The maximum Gasteiger partial charge on any atom is 0.302 e. The van der Waals surface area contributed by atoms with Crippen LogP contribution in [0.1, 0.15) is 31.4 Å². The standard InChI is InChI=1S/C23H28O4/c1-4-11-22(25-16-20-12-7-5-8-13-20)23(18(2)27-19(3)24)26-17-21-14-9-6-10-15-21/h4-10,12-15,18,22-23H,1,11,16-17H2,2-3H3/t18-,22?,23-/m0/s1. The van der Waals surface area contributed by atoms with E-state index in [0.29, 0.717) is 19.6 Å². The summed E-state index contributed by atoms with van der Waals surface area (Å²) in [5, 5.41) is 0. The molecule has 0 heterocycles. The van der Waals surface area contributed by atoms with Crippen LogP contribution in [-0.2, 0) is 32.2 Å². The van der Waals surface area contributed by atoms with Gasteiger partial charge in [-0.15, -0.1) is 6.58 Å². The minimum Gasteiger partial charge on any atom is -0.460 e. The largest absolute Gasteiger partial charge is 0.460 e. The van der Waals surface area contributed by atoms with Gasteiger partial charge in [0.25, 0.3) is 0 Å². The predicted molar refractivity (Wildman–Crippen MR) is 106 cm³/mol. The van der Waals surface area contributed by atoms with Crippen molar-refractivity contribution in [3.63, 3.8) is 0 Å². The first kappa shape index (κ1) is 20.9. The molecule has 2 aromatic rings. The van der Waals surface area contributed by atoms with E-state index >= 15 is 0 Å². The highest BCUT2D eigenvalue weighted by atomic mass is 16.6. The van der Waals surface area contributed by atoms with Gasteiger partial charge in [-0.1, -0.05) is 66.7 Å². The van der Waals surface area contributed by atoms with E-state index in [1.54, 1.807) is 6.08 Å². The molecule has 0 aromatic heterocycles. The molecule has 0 bridgehead atoms. The number of hydrogen-bond acceptors (Lipinski definition) is 4. The van der Waals surface area contributed by atoms with Gasteiger partial charge in [-0.2, -0.15) is 0 Å². The molecule has 1 unspecified atom stereocenters. The first-order valence-electron chi connectivity index (χ1n) is 9.19. The average Bonchev–Trinajstić information content (AvgIpc) is 2.67. The fraction of sp³-hybridized carbons (Fsp3) is 0.348. The summed E-state index contributed by atoms with van der Waals surface area (Å²) in [4.78, 5) is 11.5. The number of carbonyl (C=O) groups excluding carboxylic acids is 1. The summed E-state index contributed by atoms with van der Waals surface area (Å²) in [6.45, 7) is 7.94. The topological polar surface area (TPSA) is 44.8 Å². The van der Waals surface area contributed by atoms with Crippen LogP contribution in [0.5, 0.6) is 0 Å². The Kier molecular flexibility index (Phi) is 8.75. The summed E-state index contributed by atoms with van der Waals surface area (Å²) in [5.74, 6) is -0.337. The van der Waals surface area contributed by atoms with Crippen molar-refractivity contribution in [2.45, 2.75) is 51.8 Å². The van der Waals surface area contributed by atoms with Crippen molar-refractivity contribution in [2.75, 3.05) is 0 Å². The van der Waals surface area contributed by atoms with Crippen molar-refractivity contribution in [3.8, 4) is 0 Å². The zero-order valence-corrected chi connectivity index (χ0v) is 16.0. The van der Waals surface area contributed by atoms with Crippen molar-refractivity contribution >= 4 is 5.97 Å². The van der Waals surface area contributed by atoms with Crippen LogP contribution >= 0.6 is 0 Å². The molecule has 2 aromatic carbocycles. The zero-order valence-electron chi connectivity index (χ0n) is 16.0. The Bertz CT molecular complexity index is 684. The molecule has 0 saturated heterocycles. The van der Waals surface area contributed by atoms with Gasteiger partial charge >= 0.3 is 5.97 Å². The van der Waals surface area contributed by atoms with Crippen LogP contribution in [0.2, 0.25) is 0 Å². The molecule has 144 valence electrons. The number of ether oxygens (including phenoxy) is 3. The Morgan fingerprint density at radius 3 is 1.96 bits per heavy atom. The van der Waals surface area contributed by atoms with Gasteiger partial charge in [0.15, 0.2) is 0 Å². The molecule has 4 nitrogen and oxygen atoms in total. The number of carbonyl (C=O) groups is 1. The number of hydrogen-bond donors (Lipinski definition) is 0. The van der Waals surface area contributed by atoms with Gasteiger partial charge < -0.3 is 14.2 Å². The smallest absolute Gasteiger partial charge is 0.302 e. The van der Waals surface area contributed by atoms with Crippen molar-refractivity contribution < 1.29 is 19.0 Å². The SMILES string of the molecule is C=CCC(OCc1ccccc1)[C@@H](OCc1ccccc1)[C@H](C)OC(C)=O. The molecule has 4 heteroatoms. The van der Waals surface area contributed by atoms with Crippen LogP contribution in [-0.4, -0.2) is 24.3 Å². The Morgan fingerprint density at radius 1 is 0.963 bits per heavy atom. The number of esters is 1. The first-order valence-corrected chi connectivity index (χ1v) is 9.19. The molecule has 0 N–H and O–H groups in total. The monoisotopic (exact) mass is 368 g/mol. The third-order valence-corrected chi connectivity index (χ3v) is 4.17. The summed E-state index contributed by atoms with van der Waals surface area (Å²) in [7, 11) is 0. The van der Waals surface area contributed by atoms with Crippen molar-refractivity contribution in [3.05, 3.63) is 84.4 Å². The molecule has 0 spiro atoms. The number of rotatable bonds is 11. The van der Waals surface area contributed by atoms with Crippen LogP contribution in [0.3, 0.4) is 0 Å². The summed E-state index contributed by atoms with van der Waals surface area (Å²) >= 11 is 0. The second kappa shape index (κ2) is 11.3. The molecule has 0 radical (unpaired) electrons. The normalized spacial score (nSPS) is 14.1. The number of benzene rings is 2. The van der Waals surface area contributed by atoms with Gasteiger partial charge in [-0.25, -0.2) is 0 Å². The van der Waals surface area contributed by atoms with Gasteiger partial charge in [0.1, 0.15) is 12.2 Å². The molecule has 2 rings (SSSR count). The van der Waals surface area contributed by atoms with E-state index in [2.05, 4.69) is 6.58 Å². The maximum atomic E-state index is 11.5. The molecule has 0 aliphatic rings. The second-order valence-corrected chi connectivity index (χ2v) is 6.44. The van der Waals surface area contributed by atoms with Crippen molar-refractivity contribution in [2.24, 2.45) is 0 Å². The zero-order chi connectivity index (χ0) is 19.5. The molecule has 3 atom stereocenters. The van der Waals surface area contributed by atoms with Crippen molar-refractivity contribution in [1.82, 2.24) is 0 Å². The lowest BCUT2D eigenvalue weighted by Gasteiger charge is -2.31. The molecular formula is C23H28O4. The minimum atomic E-state index is -0.438. The van der Waals surface area contributed by atoms with Crippen LogP contribution in [0.15, 0.2) is 73.3 Å². The molecule has 0 aliphatic heterocycles. The molecular weight excluding hydrogens is 340 g/mol. The van der Waals surface area contributed by atoms with E-state index in [9.17, 15) is 4.79 Å². The maximum absolute atomic E-state index is 11.5. The van der Waals surface area contributed by atoms with Crippen LogP contribution in [0.4, 0.5) is 0 Å². The van der Waals surface area contributed by atoms with E-state index in [1.165, 1.54) is 6.92 Å². The van der Waals surface area contributed by atoms with E-state index in [4.69, 9.17) is 14.2 Å². The van der Waals surface area contributed by atoms with E-state index in [1.807, 2.05) is 67.6 Å². The van der Waals surface area contributed by atoms with E-state index < -0.39 is 12.2 Å². The quantitative estimate of drug-likeness (QED) is 0.426. The Hall–Kier alpha value is -2.43. The Balaban J connectivity index is 2.09. The molecule has 0 saturated carbocycles. The Morgan fingerprint density at radius 2 is 1.48 bits per heavy atom. The second-order valence-electron chi connectivity index (χ2n) is 6.44. The summed E-state index contributed by atoms with van der Waals surface area (Å²) in [6, 6.07) is 19.9. The van der Waals surface area contributed by atoms with Crippen LogP contribution in [0, 0.1) is 0 Å². The lowest BCUT2D eigenvalue weighted by Crippen LogP contribution is -2.41. The van der Waals surface area contributed by atoms with Gasteiger partial charge in [-0.05, 0) is 24.5 Å². The highest BCUT2D eigenvalue weighted by molar-refractivity contribution is 5.66. The lowest BCUT2D eigenvalue weighted by molar-refractivity contribution is -0.167. The Labute approximate surface area is 161 Å². The van der Waals surface area contributed by atoms with E-state index in [-0.39, 0.29) is 12.1 Å². The first-order chi connectivity index (χ1) is 13.1. The predicted octanol–water partition coefficient (Wildman–Crippen LogP) is 4.68. The molecule has 0 aliphatic carbocycles. The van der Waals surface area contributed by atoms with Gasteiger partial charge in [-0.3, -0.25) is 4.79 Å². The van der Waals surface area contributed by atoms with E-state index in [0.717, 1.165) is 11.1 Å². The fourth-order valence-corrected chi connectivity index (χ4v) is 2.88. The van der Waals surface area contributed by atoms with Crippen LogP contribution in [0.25, 0.3) is 0 Å². The van der Waals surface area contributed by atoms with Gasteiger partial charge in [0, 0.05) is 6.92 Å². The molecule has 0 fully saturated rings. The molecule has 0 amide bonds. The summed E-state index contributed by atoms with van der Waals surface area (Å²) < 4.78 is 17.7. The highest BCUT2D eigenvalue weighted by Gasteiger charge is 2.30. The third-order valence-electron chi connectivity index (χ3n) is 4.17. The van der Waals surface area contributed by atoms with Gasteiger partial charge in [0.05, 0.1) is 19.3 Å². The summed E-state index contributed by atoms with van der Waals surface area (Å²) in [5.41, 5.74) is 2.13. The lowest BCUT2D eigenvalue weighted by atomic mass is 10.0. The summed E-state index contributed by atoms with van der Waals surface area (Å²) in [6.07, 6.45) is 1.27.